The Morgan fingerprint density at radius 3 is 2.64 bits per heavy atom. The third-order valence-corrected chi connectivity index (χ3v) is 7.08. The molecule has 4 nitrogen and oxygen atoms in total. The van der Waals surface area contributed by atoms with Gasteiger partial charge in [0.1, 0.15) is 5.82 Å². The maximum Gasteiger partial charge on any atom is 0.228 e. The molecule has 1 amide bonds. The van der Waals surface area contributed by atoms with E-state index in [-0.39, 0.29) is 17.6 Å². The standard InChI is InChI=1S/C22H28FN3OS/c1-25-14-17(22(27)24-19-6-4-18(23)5-7-19)13-21(25)16-8-10-26(11-9-16)15-20-3-2-12-28-20/h2-7,12,16-17,21H,8-11,13-15H2,1H3,(H,24,27)/t17-,21+/m0/s1. The van der Waals surface area contributed by atoms with Crippen LogP contribution in [0, 0.1) is 17.7 Å². The Bertz CT molecular complexity index is 772. The summed E-state index contributed by atoms with van der Waals surface area (Å²) >= 11 is 1.83. The SMILES string of the molecule is CN1C[C@@H](C(=O)Nc2ccc(F)cc2)C[C@@H]1C1CCN(Cc2cccs2)CC1. The van der Waals surface area contributed by atoms with Gasteiger partial charge in [-0.15, -0.1) is 11.3 Å². The second-order valence-electron chi connectivity index (χ2n) is 8.13. The molecule has 0 bridgehead atoms. The van der Waals surface area contributed by atoms with Crippen LogP contribution in [-0.4, -0.2) is 48.4 Å². The highest BCUT2D eigenvalue weighted by atomic mass is 32.1. The van der Waals surface area contributed by atoms with Gasteiger partial charge in [0.2, 0.25) is 5.91 Å². The number of hydrogen-bond acceptors (Lipinski definition) is 4. The number of carbonyl (C=O) groups is 1. The van der Waals surface area contributed by atoms with Crippen LogP contribution in [0.1, 0.15) is 24.1 Å². The summed E-state index contributed by atoms with van der Waals surface area (Å²) in [7, 11) is 2.15. The molecule has 28 heavy (non-hydrogen) atoms. The van der Waals surface area contributed by atoms with Crippen LogP contribution >= 0.6 is 11.3 Å². The minimum Gasteiger partial charge on any atom is -0.326 e. The topological polar surface area (TPSA) is 35.6 Å². The first-order valence-corrected chi connectivity index (χ1v) is 11.0. The summed E-state index contributed by atoms with van der Waals surface area (Å²) in [4.78, 5) is 19.0. The van der Waals surface area contributed by atoms with Crippen molar-refractivity contribution in [3.8, 4) is 0 Å². The molecule has 2 aliphatic heterocycles. The number of halogens is 1. The molecule has 0 spiro atoms. The summed E-state index contributed by atoms with van der Waals surface area (Å²) in [6.45, 7) is 4.14. The van der Waals surface area contributed by atoms with Crippen molar-refractivity contribution in [3.63, 3.8) is 0 Å². The van der Waals surface area contributed by atoms with Gasteiger partial charge in [0, 0.05) is 29.7 Å². The van der Waals surface area contributed by atoms with Crippen LogP contribution in [0.15, 0.2) is 41.8 Å². The predicted octanol–water partition coefficient (Wildman–Crippen LogP) is 4.06. The molecule has 2 saturated heterocycles. The van der Waals surface area contributed by atoms with Crippen molar-refractivity contribution < 1.29 is 9.18 Å². The Hall–Kier alpha value is -1.76. The highest BCUT2D eigenvalue weighted by Gasteiger charge is 2.39. The van der Waals surface area contributed by atoms with Crippen molar-refractivity contribution in [2.24, 2.45) is 11.8 Å². The van der Waals surface area contributed by atoms with E-state index in [4.69, 9.17) is 0 Å². The third-order valence-electron chi connectivity index (χ3n) is 6.22. The molecule has 1 aromatic carbocycles. The fourth-order valence-electron chi connectivity index (χ4n) is 4.67. The maximum atomic E-state index is 13.0. The van der Waals surface area contributed by atoms with Crippen LogP contribution in [0.25, 0.3) is 0 Å². The zero-order chi connectivity index (χ0) is 19.5. The van der Waals surface area contributed by atoms with Gasteiger partial charge in [0.05, 0.1) is 5.92 Å². The molecule has 1 aromatic heterocycles. The molecule has 0 aliphatic carbocycles. The lowest BCUT2D eigenvalue weighted by molar-refractivity contribution is -0.119. The van der Waals surface area contributed by atoms with Crippen LogP contribution in [0.2, 0.25) is 0 Å². The summed E-state index contributed by atoms with van der Waals surface area (Å²) in [5.74, 6) is 0.428. The van der Waals surface area contributed by atoms with Gasteiger partial charge in [-0.1, -0.05) is 6.07 Å². The first kappa shape index (κ1) is 19.6. The lowest BCUT2D eigenvalue weighted by Gasteiger charge is -2.36. The van der Waals surface area contributed by atoms with Gasteiger partial charge in [0.25, 0.3) is 0 Å². The monoisotopic (exact) mass is 401 g/mol. The molecule has 0 radical (unpaired) electrons. The predicted molar refractivity (Wildman–Crippen MR) is 112 cm³/mol. The van der Waals surface area contributed by atoms with Crippen LogP contribution in [-0.2, 0) is 11.3 Å². The molecule has 150 valence electrons. The fourth-order valence-corrected chi connectivity index (χ4v) is 5.41. The number of hydrogen-bond donors (Lipinski definition) is 1. The van der Waals surface area contributed by atoms with E-state index in [1.807, 2.05) is 11.3 Å². The number of carbonyl (C=O) groups excluding carboxylic acids is 1. The van der Waals surface area contributed by atoms with Crippen molar-refractivity contribution in [1.29, 1.82) is 0 Å². The van der Waals surface area contributed by atoms with Crippen LogP contribution in [0.5, 0.6) is 0 Å². The fraction of sp³-hybridized carbons (Fsp3) is 0.500. The first-order valence-electron chi connectivity index (χ1n) is 10.1. The van der Waals surface area contributed by atoms with E-state index in [0.717, 1.165) is 32.6 Å². The third kappa shape index (κ3) is 4.62. The zero-order valence-corrected chi connectivity index (χ0v) is 17.1. The van der Waals surface area contributed by atoms with E-state index in [9.17, 15) is 9.18 Å². The van der Waals surface area contributed by atoms with Gasteiger partial charge in [-0.25, -0.2) is 4.39 Å². The minimum absolute atomic E-state index is 0.00389. The van der Waals surface area contributed by atoms with Crippen molar-refractivity contribution in [1.82, 2.24) is 9.80 Å². The molecule has 0 saturated carbocycles. The summed E-state index contributed by atoms with van der Waals surface area (Å²) in [6, 6.07) is 10.8. The summed E-state index contributed by atoms with van der Waals surface area (Å²) in [6.07, 6.45) is 3.32. The van der Waals surface area contributed by atoms with Gasteiger partial charge in [-0.05, 0) is 81.0 Å². The number of benzene rings is 1. The average Bonchev–Trinajstić information content (AvgIpc) is 3.34. The Kier molecular flexibility index (Phi) is 6.09. The van der Waals surface area contributed by atoms with Crippen LogP contribution < -0.4 is 5.32 Å². The normalized spacial score (nSPS) is 24.5. The minimum atomic E-state index is -0.288. The number of amides is 1. The smallest absolute Gasteiger partial charge is 0.228 e. The Morgan fingerprint density at radius 2 is 1.96 bits per heavy atom. The van der Waals surface area contributed by atoms with Crippen LogP contribution in [0.4, 0.5) is 10.1 Å². The van der Waals surface area contributed by atoms with E-state index in [2.05, 4.69) is 39.7 Å². The quantitative estimate of drug-likeness (QED) is 0.821. The van der Waals surface area contributed by atoms with Gasteiger partial charge in [-0.2, -0.15) is 0 Å². The number of piperidine rings is 1. The number of thiophene rings is 1. The Labute approximate surface area is 170 Å². The summed E-state index contributed by atoms with van der Waals surface area (Å²) < 4.78 is 13.0. The molecule has 2 fully saturated rings. The Balaban J connectivity index is 1.28. The van der Waals surface area contributed by atoms with Crippen molar-refractivity contribution in [2.45, 2.75) is 31.8 Å². The van der Waals surface area contributed by atoms with E-state index < -0.39 is 0 Å². The van der Waals surface area contributed by atoms with Gasteiger partial charge >= 0.3 is 0 Å². The molecule has 2 atom stereocenters. The van der Waals surface area contributed by atoms with Crippen LogP contribution in [0.3, 0.4) is 0 Å². The second-order valence-corrected chi connectivity index (χ2v) is 9.16. The molecular formula is C22H28FN3OS. The molecule has 2 aromatic rings. The van der Waals surface area contributed by atoms with E-state index in [1.54, 1.807) is 12.1 Å². The highest BCUT2D eigenvalue weighted by Crippen LogP contribution is 2.34. The number of nitrogens with zero attached hydrogens (tertiary/aromatic N) is 2. The lowest BCUT2D eigenvalue weighted by atomic mass is 9.86. The number of likely N-dealkylation sites (tertiary alicyclic amines) is 2. The van der Waals surface area contributed by atoms with E-state index in [0.29, 0.717) is 17.6 Å². The molecule has 3 heterocycles. The molecule has 0 unspecified atom stereocenters. The maximum absolute atomic E-state index is 13.0. The van der Waals surface area contributed by atoms with Gasteiger partial charge in [0.15, 0.2) is 0 Å². The van der Waals surface area contributed by atoms with Gasteiger partial charge in [-0.3, -0.25) is 9.69 Å². The highest BCUT2D eigenvalue weighted by molar-refractivity contribution is 7.09. The average molecular weight is 402 g/mol. The van der Waals surface area contributed by atoms with Crippen molar-refractivity contribution >= 4 is 22.9 Å². The van der Waals surface area contributed by atoms with Crippen molar-refractivity contribution in [3.05, 3.63) is 52.5 Å². The van der Waals surface area contributed by atoms with E-state index in [1.165, 1.54) is 29.9 Å². The number of anilines is 1. The molecule has 4 rings (SSSR count). The zero-order valence-electron chi connectivity index (χ0n) is 16.3. The van der Waals surface area contributed by atoms with Crippen molar-refractivity contribution in [2.75, 3.05) is 32.0 Å². The Morgan fingerprint density at radius 1 is 1.21 bits per heavy atom. The largest absolute Gasteiger partial charge is 0.326 e. The summed E-state index contributed by atoms with van der Waals surface area (Å²) in [5, 5.41) is 5.09. The molecule has 6 heteroatoms. The summed E-state index contributed by atoms with van der Waals surface area (Å²) in [5.41, 5.74) is 0.666. The first-order chi connectivity index (χ1) is 13.6. The lowest BCUT2D eigenvalue weighted by Crippen LogP contribution is -2.41. The molecule has 1 N–H and O–H groups in total. The molecular weight excluding hydrogens is 373 g/mol. The number of rotatable bonds is 5. The molecule has 2 aliphatic rings. The number of nitrogens with one attached hydrogen (secondary N) is 1. The second kappa shape index (κ2) is 8.72. The van der Waals surface area contributed by atoms with E-state index >= 15 is 0 Å². The van der Waals surface area contributed by atoms with Gasteiger partial charge < -0.3 is 10.2 Å².